The van der Waals surface area contributed by atoms with Gasteiger partial charge in [-0.1, -0.05) is 25.3 Å². The van der Waals surface area contributed by atoms with Crippen LogP contribution in [0.2, 0.25) is 0 Å². The number of carbonyl (C=O) groups is 2. The third kappa shape index (κ3) is 5.58. The van der Waals surface area contributed by atoms with E-state index in [-0.39, 0.29) is 11.9 Å². The van der Waals surface area contributed by atoms with Crippen molar-refractivity contribution in [1.29, 1.82) is 0 Å². The van der Waals surface area contributed by atoms with E-state index in [1.807, 2.05) is 29.2 Å². The zero-order valence-corrected chi connectivity index (χ0v) is 18.9. The lowest BCUT2D eigenvalue weighted by Gasteiger charge is -2.35. The highest BCUT2D eigenvalue weighted by atomic mass is 16.2. The summed E-state index contributed by atoms with van der Waals surface area (Å²) < 4.78 is 0. The number of urea groups is 1. The summed E-state index contributed by atoms with van der Waals surface area (Å²) in [6, 6.07) is 11.4. The molecule has 1 aliphatic heterocycles. The molecule has 2 heterocycles. The molecule has 2 aliphatic rings. The molecule has 0 spiro atoms. The van der Waals surface area contributed by atoms with E-state index in [9.17, 15) is 9.59 Å². The zero-order chi connectivity index (χ0) is 22.3. The monoisotopic (exact) mass is 435 g/mol. The molecular weight excluding hydrogens is 402 g/mol. The molecule has 1 aliphatic carbocycles. The highest BCUT2D eigenvalue weighted by molar-refractivity contribution is 5.95. The summed E-state index contributed by atoms with van der Waals surface area (Å²) >= 11 is 0. The maximum Gasteiger partial charge on any atom is 0.322 e. The van der Waals surface area contributed by atoms with E-state index in [4.69, 9.17) is 0 Å². The van der Waals surface area contributed by atoms with Gasteiger partial charge in [-0.2, -0.15) is 0 Å². The summed E-state index contributed by atoms with van der Waals surface area (Å²) in [5.74, 6) is 0.782. The summed E-state index contributed by atoms with van der Waals surface area (Å²) in [6.45, 7) is 3.13. The number of piperazine rings is 1. The van der Waals surface area contributed by atoms with Gasteiger partial charge in [-0.15, -0.1) is 0 Å². The second-order valence-electron chi connectivity index (χ2n) is 8.89. The maximum atomic E-state index is 13.1. The van der Waals surface area contributed by atoms with Crippen LogP contribution < -0.4 is 10.2 Å². The van der Waals surface area contributed by atoms with Gasteiger partial charge in [0.2, 0.25) is 0 Å². The second-order valence-corrected chi connectivity index (χ2v) is 8.89. The summed E-state index contributed by atoms with van der Waals surface area (Å²) in [7, 11) is 2.12. The molecule has 1 aromatic heterocycles. The van der Waals surface area contributed by atoms with Crippen molar-refractivity contribution in [3.8, 4) is 0 Å². The van der Waals surface area contributed by atoms with Crippen molar-refractivity contribution in [2.45, 2.75) is 32.1 Å². The molecule has 1 aromatic carbocycles. The van der Waals surface area contributed by atoms with Gasteiger partial charge in [0.15, 0.2) is 0 Å². The lowest BCUT2D eigenvalue weighted by atomic mass is 9.89. The number of hydrogen-bond acceptors (Lipinski definition) is 4. The molecule has 7 heteroatoms. The van der Waals surface area contributed by atoms with Crippen LogP contribution in [0.5, 0.6) is 0 Å². The molecule has 3 amide bonds. The van der Waals surface area contributed by atoms with Crippen LogP contribution in [0.4, 0.5) is 16.2 Å². The Hall–Kier alpha value is -3.09. The number of rotatable bonds is 5. The SMILES string of the molecule is CN(CC1CCCCC1)c1cccc(C(=O)N2CCN(C(=O)Nc3cccnc3)CC2)c1. The van der Waals surface area contributed by atoms with Gasteiger partial charge in [0.1, 0.15) is 0 Å². The fourth-order valence-electron chi connectivity index (χ4n) is 4.67. The molecule has 7 nitrogen and oxygen atoms in total. The average Bonchev–Trinajstić information content (AvgIpc) is 2.85. The van der Waals surface area contributed by atoms with Crippen LogP contribution in [-0.4, -0.2) is 66.5 Å². The van der Waals surface area contributed by atoms with E-state index in [0.717, 1.165) is 18.2 Å². The standard InChI is InChI=1S/C25H33N5O2/c1-28(19-20-7-3-2-4-8-20)23-11-5-9-21(17-23)24(31)29-13-15-30(16-14-29)25(32)27-22-10-6-12-26-18-22/h5-6,9-12,17-18,20H,2-4,7-8,13-16,19H2,1H3,(H,27,32). The molecule has 1 N–H and O–H groups in total. The quantitative estimate of drug-likeness (QED) is 0.768. The number of benzene rings is 1. The fourth-order valence-corrected chi connectivity index (χ4v) is 4.67. The topological polar surface area (TPSA) is 68.8 Å². The molecule has 32 heavy (non-hydrogen) atoms. The predicted molar refractivity (Wildman–Crippen MR) is 127 cm³/mol. The summed E-state index contributed by atoms with van der Waals surface area (Å²) in [5.41, 5.74) is 2.48. The number of nitrogens with zero attached hydrogens (tertiary/aromatic N) is 4. The van der Waals surface area contributed by atoms with Crippen LogP contribution in [0.15, 0.2) is 48.8 Å². The number of pyridine rings is 1. The third-order valence-corrected chi connectivity index (χ3v) is 6.56. The lowest BCUT2D eigenvalue weighted by Crippen LogP contribution is -2.51. The molecule has 1 saturated carbocycles. The highest BCUT2D eigenvalue weighted by Crippen LogP contribution is 2.26. The predicted octanol–water partition coefficient (Wildman–Crippen LogP) is 4.09. The lowest BCUT2D eigenvalue weighted by molar-refractivity contribution is 0.0671. The highest BCUT2D eigenvalue weighted by Gasteiger charge is 2.25. The normalized spacial score (nSPS) is 17.2. The largest absolute Gasteiger partial charge is 0.374 e. The smallest absolute Gasteiger partial charge is 0.322 e. The van der Waals surface area contributed by atoms with Crippen LogP contribution in [0, 0.1) is 5.92 Å². The zero-order valence-electron chi connectivity index (χ0n) is 18.9. The van der Waals surface area contributed by atoms with Crippen LogP contribution in [0.3, 0.4) is 0 Å². The van der Waals surface area contributed by atoms with Gasteiger partial charge in [0.05, 0.1) is 11.9 Å². The van der Waals surface area contributed by atoms with Gasteiger partial charge in [-0.05, 0) is 49.1 Å². The van der Waals surface area contributed by atoms with Crippen molar-refractivity contribution in [2.75, 3.05) is 50.0 Å². The average molecular weight is 436 g/mol. The number of carbonyl (C=O) groups excluding carboxylic acids is 2. The molecule has 0 unspecified atom stereocenters. The van der Waals surface area contributed by atoms with Crippen LogP contribution in [0.1, 0.15) is 42.5 Å². The van der Waals surface area contributed by atoms with E-state index in [1.54, 1.807) is 23.4 Å². The van der Waals surface area contributed by atoms with Crippen molar-refractivity contribution in [2.24, 2.45) is 5.92 Å². The molecule has 4 rings (SSSR count). The second kappa shape index (κ2) is 10.5. The summed E-state index contributed by atoms with van der Waals surface area (Å²) in [5, 5.41) is 2.86. The van der Waals surface area contributed by atoms with Gasteiger partial charge in [-0.25, -0.2) is 4.79 Å². The molecule has 0 bridgehead atoms. The first-order valence-electron chi connectivity index (χ1n) is 11.7. The third-order valence-electron chi connectivity index (χ3n) is 6.56. The number of nitrogens with one attached hydrogen (secondary N) is 1. The van der Waals surface area contributed by atoms with Crippen LogP contribution in [0.25, 0.3) is 0 Å². The Bertz CT molecular complexity index is 906. The first-order chi connectivity index (χ1) is 15.6. The Labute approximate surface area is 190 Å². The molecule has 0 atom stereocenters. The van der Waals surface area contributed by atoms with Gasteiger partial charge < -0.3 is 20.0 Å². The molecule has 1 saturated heterocycles. The summed E-state index contributed by atoms with van der Waals surface area (Å²) in [4.78, 5) is 35.5. The van der Waals surface area contributed by atoms with E-state index in [1.165, 1.54) is 32.1 Å². The number of aromatic nitrogens is 1. The van der Waals surface area contributed by atoms with Crippen molar-refractivity contribution in [3.05, 3.63) is 54.4 Å². The Morgan fingerprint density at radius 1 is 1.03 bits per heavy atom. The molecular formula is C25H33N5O2. The first-order valence-corrected chi connectivity index (χ1v) is 11.7. The Morgan fingerprint density at radius 3 is 2.50 bits per heavy atom. The van der Waals surface area contributed by atoms with E-state index >= 15 is 0 Å². The van der Waals surface area contributed by atoms with Gasteiger partial charge in [0, 0.05) is 57.2 Å². The van der Waals surface area contributed by atoms with Crippen LogP contribution in [-0.2, 0) is 0 Å². The van der Waals surface area contributed by atoms with Crippen molar-refractivity contribution in [3.63, 3.8) is 0 Å². The van der Waals surface area contributed by atoms with E-state index in [0.29, 0.717) is 37.4 Å². The molecule has 0 radical (unpaired) electrons. The summed E-state index contributed by atoms with van der Waals surface area (Å²) in [6.07, 6.45) is 9.94. The van der Waals surface area contributed by atoms with Gasteiger partial charge in [-0.3, -0.25) is 9.78 Å². The van der Waals surface area contributed by atoms with E-state index in [2.05, 4.69) is 28.3 Å². The Morgan fingerprint density at radius 2 is 1.78 bits per heavy atom. The van der Waals surface area contributed by atoms with Crippen LogP contribution >= 0.6 is 0 Å². The maximum absolute atomic E-state index is 13.1. The number of anilines is 2. The van der Waals surface area contributed by atoms with Crippen molar-refractivity contribution < 1.29 is 9.59 Å². The van der Waals surface area contributed by atoms with Gasteiger partial charge in [0.25, 0.3) is 5.91 Å². The molecule has 2 aromatic rings. The first kappa shape index (κ1) is 22.1. The van der Waals surface area contributed by atoms with Crippen molar-refractivity contribution in [1.82, 2.24) is 14.8 Å². The van der Waals surface area contributed by atoms with Crippen molar-refractivity contribution >= 4 is 23.3 Å². The molecule has 170 valence electrons. The number of amides is 3. The van der Waals surface area contributed by atoms with E-state index < -0.39 is 0 Å². The minimum atomic E-state index is -0.156. The van der Waals surface area contributed by atoms with Gasteiger partial charge >= 0.3 is 6.03 Å². The Balaban J connectivity index is 1.31. The number of hydrogen-bond donors (Lipinski definition) is 1. The fraction of sp³-hybridized carbons (Fsp3) is 0.480. The minimum Gasteiger partial charge on any atom is -0.374 e. The minimum absolute atomic E-state index is 0.0326. The molecule has 2 fully saturated rings. The Kier molecular flexibility index (Phi) is 7.24.